The van der Waals surface area contributed by atoms with E-state index in [0.29, 0.717) is 4.83 Å². The monoisotopic (exact) mass is 1130 g/mol. The number of para-hydroxylation sites is 1. The summed E-state index contributed by atoms with van der Waals surface area (Å²) in [6.07, 6.45) is 0.502. The molecule has 0 aliphatic carbocycles. The topological polar surface area (TPSA) is 69.6 Å². The fourth-order valence-electron chi connectivity index (χ4n) is 9.02. The molecule has 0 fully saturated rings. The van der Waals surface area contributed by atoms with Crippen molar-refractivity contribution in [3.63, 3.8) is 0 Å². The van der Waals surface area contributed by atoms with Gasteiger partial charge in [-0.1, -0.05) is 62.9 Å². The molecule has 0 saturated heterocycles. The molecule has 4 aromatic carbocycles. The average Bonchev–Trinajstić information content (AvgIpc) is 3.98. The Morgan fingerprint density at radius 2 is 1.61 bits per heavy atom. The van der Waals surface area contributed by atoms with Crippen molar-refractivity contribution in [3.05, 3.63) is 143 Å². The summed E-state index contributed by atoms with van der Waals surface area (Å²) in [6.45, 7) is 16.5. The molecule has 10 aromatic rings. The van der Waals surface area contributed by atoms with Crippen molar-refractivity contribution in [1.82, 2.24) is 24.5 Å². The molecule has 0 aliphatic rings. The minimum atomic E-state index is -2.29. The van der Waals surface area contributed by atoms with Gasteiger partial charge in [0.1, 0.15) is 16.0 Å². The first-order valence-corrected chi connectivity index (χ1v) is 30.6. The van der Waals surface area contributed by atoms with Crippen LogP contribution in [-0.2, 0) is 26.5 Å². The van der Waals surface area contributed by atoms with Gasteiger partial charge in [0.2, 0.25) is 0 Å². The van der Waals surface area contributed by atoms with Crippen LogP contribution >= 0.6 is 11.3 Å². The van der Waals surface area contributed by atoms with Gasteiger partial charge in [0.15, 0.2) is 0 Å². The predicted molar refractivity (Wildman–Crippen MR) is 278 cm³/mol. The molecular formula is C57H59GeIrN5OS-2. The summed E-state index contributed by atoms with van der Waals surface area (Å²) in [4.78, 5) is 20.2. The second-order valence-electron chi connectivity index (χ2n) is 19.8. The van der Waals surface area contributed by atoms with E-state index in [2.05, 4.69) is 89.8 Å². The van der Waals surface area contributed by atoms with Crippen LogP contribution in [0.2, 0.25) is 17.3 Å². The van der Waals surface area contributed by atoms with Crippen LogP contribution in [0.5, 0.6) is 0 Å². The van der Waals surface area contributed by atoms with E-state index in [-0.39, 0.29) is 37.6 Å². The average molecular weight is 1130 g/mol. The summed E-state index contributed by atoms with van der Waals surface area (Å²) in [5.41, 5.74) is 11.7. The first-order valence-electron chi connectivity index (χ1n) is 24.9. The van der Waals surface area contributed by atoms with Crippen LogP contribution < -0.4 is 4.40 Å². The van der Waals surface area contributed by atoms with Crippen LogP contribution in [0.15, 0.2) is 102 Å². The maximum atomic E-state index is 8.76. The van der Waals surface area contributed by atoms with Gasteiger partial charge in [-0.3, -0.25) is 9.97 Å². The Morgan fingerprint density at radius 3 is 2.30 bits per heavy atom. The van der Waals surface area contributed by atoms with E-state index in [1.54, 1.807) is 6.07 Å². The number of benzene rings is 4. The number of aryl methyl sites for hydroxylation is 3. The van der Waals surface area contributed by atoms with Gasteiger partial charge in [-0.2, -0.15) is 0 Å². The number of hydrogen-bond donors (Lipinski definition) is 0. The summed E-state index contributed by atoms with van der Waals surface area (Å²) in [6, 6.07) is 36.4. The van der Waals surface area contributed by atoms with Crippen LogP contribution in [0, 0.1) is 38.2 Å². The van der Waals surface area contributed by atoms with Crippen LogP contribution in [0.1, 0.15) is 101 Å². The van der Waals surface area contributed by atoms with Crippen molar-refractivity contribution in [3.8, 4) is 28.3 Å². The van der Waals surface area contributed by atoms with E-state index in [1.807, 2.05) is 108 Å². The minimum absolute atomic E-state index is 0. The van der Waals surface area contributed by atoms with Crippen molar-refractivity contribution in [2.45, 2.75) is 105 Å². The first kappa shape index (κ1) is 41.2. The standard InChI is InChI=1S/C38H33N4OS.C19H26GeN.Ir/c1-19(2)27-18-28-24-11-8-9-13-30(24)43-36(28)32(20(3)4)35(27)42-34-23(7)39-22(6)17-29(34)41-37(42)25-12-10-14-31-33(25)26-16-15-21(5)40-38(26)44-31;1-19(2,3)13-16-12-18(15-10-8-7-9-11-15)21-14-17(16)20(4,5)6;/h8-11,13-20H,1-7H3;7-10,12,14H,13H2,1-6H3;/q2*-1;/i5D3;13D2;. The molecule has 339 valence electrons. The summed E-state index contributed by atoms with van der Waals surface area (Å²) in [5.74, 6) is 7.92. The normalized spacial score (nSPS) is 13.8. The molecule has 0 saturated carbocycles. The summed E-state index contributed by atoms with van der Waals surface area (Å²) in [5, 5.41) is 4.06. The van der Waals surface area contributed by atoms with Gasteiger partial charge in [-0.05, 0) is 72.5 Å². The number of thiophene rings is 1. The van der Waals surface area contributed by atoms with E-state index in [9.17, 15) is 0 Å². The maximum absolute atomic E-state index is 8.76. The maximum Gasteiger partial charge on any atom is 0 e. The number of hydrogen-bond acceptors (Lipinski definition) is 6. The number of imidazole rings is 1. The molecule has 6 nitrogen and oxygen atoms in total. The van der Waals surface area contributed by atoms with Crippen molar-refractivity contribution in [2.24, 2.45) is 5.41 Å². The van der Waals surface area contributed by atoms with Crippen LogP contribution in [0.3, 0.4) is 0 Å². The molecule has 0 unspecified atom stereocenters. The first-order chi connectivity index (χ1) is 32.9. The zero-order valence-electron chi connectivity index (χ0n) is 44.8. The number of pyridine rings is 3. The zero-order valence-corrected chi connectivity index (χ0v) is 45.1. The second-order valence-corrected chi connectivity index (χ2v) is 31.4. The van der Waals surface area contributed by atoms with Gasteiger partial charge >= 0.3 is 135 Å². The molecule has 66 heavy (non-hydrogen) atoms. The minimum Gasteiger partial charge on any atom is 0 e. The Balaban J connectivity index is 0.000000238. The zero-order chi connectivity index (χ0) is 50.4. The Morgan fingerprint density at radius 1 is 0.833 bits per heavy atom. The molecule has 0 bridgehead atoms. The third-order valence-electron chi connectivity index (χ3n) is 11.8. The van der Waals surface area contributed by atoms with Gasteiger partial charge in [-0.15, -0.1) is 29.5 Å². The molecule has 9 heteroatoms. The van der Waals surface area contributed by atoms with E-state index in [0.717, 1.165) is 104 Å². The van der Waals surface area contributed by atoms with Crippen LogP contribution in [0.4, 0.5) is 0 Å². The van der Waals surface area contributed by atoms with Gasteiger partial charge in [-0.25, -0.2) is 4.98 Å². The fourth-order valence-corrected chi connectivity index (χ4v) is 13.0. The summed E-state index contributed by atoms with van der Waals surface area (Å²) >= 11 is -0.751. The molecule has 1 radical (unpaired) electrons. The smallest absolute Gasteiger partial charge is 0 e. The van der Waals surface area contributed by atoms with Crippen molar-refractivity contribution in [2.75, 3.05) is 0 Å². The molecule has 0 atom stereocenters. The van der Waals surface area contributed by atoms with Gasteiger partial charge in [0.05, 0.1) is 22.6 Å². The molecule has 6 heterocycles. The number of furan rings is 1. The second kappa shape index (κ2) is 18.2. The van der Waals surface area contributed by atoms with Crippen molar-refractivity contribution in [1.29, 1.82) is 0 Å². The summed E-state index contributed by atoms with van der Waals surface area (Å²) < 4.78 is 52.4. The molecule has 0 N–H and O–H groups in total. The van der Waals surface area contributed by atoms with Gasteiger partial charge < -0.3 is 8.98 Å². The molecule has 0 amide bonds. The predicted octanol–water partition coefficient (Wildman–Crippen LogP) is 15.4. The van der Waals surface area contributed by atoms with Gasteiger partial charge in [0.25, 0.3) is 0 Å². The molecule has 0 aliphatic heterocycles. The molecular weight excluding hydrogens is 1070 g/mol. The van der Waals surface area contributed by atoms with Gasteiger partial charge in [0, 0.05) is 57.6 Å². The van der Waals surface area contributed by atoms with E-state index >= 15 is 0 Å². The Hall–Kier alpha value is -4.99. The number of rotatable bonds is 7. The molecule has 0 spiro atoms. The van der Waals surface area contributed by atoms with Crippen molar-refractivity contribution < 1.29 is 31.4 Å². The number of aromatic nitrogens is 5. The Bertz CT molecular complexity index is 3640. The summed E-state index contributed by atoms with van der Waals surface area (Å²) in [7, 11) is 0. The number of nitrogens with zero attached hydrogens (tertiary/aromatic N) is 5. The van der Waals surface area contributed by atoms with E-state index in [1.165, 1.54) is 16.9 Å². The van der Waals surface area contributed by atoms with E-state index in [4.69, 9.17) is 21.2 Å². The Kier molecular flexibility index (Phi) is 11.4. The molecule has 10 rings (SSSR count). The third-order valence-corrected chi connectivity index (χ3v) is 17.1. The van der Waals surface area contributed by atoms with Crippen LogP contribution in [-0.4, -0.2) is 37.8 Å². The number of fused-ring (bicyclic) bond motifs is 7. The van der Waals surface area contributed by atoms with Crippen molar-refractivity contribution >= 4 is 82.3 Å². The van der Waals surface area contributed by atoms with Crippen LogP contribution in [0.25, 0.3) is 81.6 Å². The quantitative estimate of drug-likeness (QED) is 0.117. The largest absolute Gasteiger partial charge is 0 e. The molecule has 6 aromatic heterocycles. The van der Waals surface area contributed by atoms with E-state index < -0.39 is 31.9 Å². The fraction of sp³-hybridized carbons (Fsp3) is 0.298. The third kappa shape index (κ3) is 8.94. The Labute approximate surface area is 417 Å². The SMILES string of the molecule is [2H]C([2H])([2H])c1ccc2c(n1)sc1cc[c-]c(-c3nc4cc(C)nc(C)c4n3-c3c(C(C)C)cc4c(oc5ccccc54)c3C(C)C)c12.[2H]C([2H])(c1cc(-c2[c-]cccc2)nc[c]1[Ge]([CH3])([CH3])[CH3])C(C)(C)C.[Ir].